The first-order valence-electron chi connectivity index (χ1n) is 11.6. The molecule has 154 valence electrons. The zero-order chi connectivity index (χ0) is 19.0. The molecule has 0 radical (unpaired) electrons. The average molecular weight is 384 g/mol. The molecule has 0 aromatic carbocycles. The summed E-state index contributed by atoms with van der Waals surface area (Å²) in [6.07, 6.45) is 12.0. The van der Waals surface area contributed by atoms with E-state index in [1.165, 1.54) is 82.6 Å². The van der Waals surface area contributed by atoms with Gasteiger partial charge in [0.1, 0.15) is 5.82 Å². The Morgan fingerprint density at radius 3 is 2.07 bits per heavy atom. The number of hydrogen-bond acceptors (Lipinski definition) is 5. The summed E-state index contributed by atoms with van der Waals surface area (Å²) < 4.78 is 0. The highest BCUT2D eigenvalue weighted by atomic mass is 15.3. The summed E-state index contributed by atoms with van der Waals surface area (Å²) in [5.74, 6) is 1.18. The fourth-order valence-electron chi connectivity index (χ4n) is 5.64. The second-order valence-corrected chi connectivity index (χ2v) is 9.77. The third-order valence-corrected chi connectivity index (χ3v) is 8.20. The number of piperidine rings is 2. The van der Waals surface area contributed by atoms with Gasteiger partial charge < -0.3 is 19.6 Å². The maximum absolute atomic E-state index is 4.85. The van der Waals surface area contributed by atoms with Crippen LogP contribution in [0.3, 0.4) is 0 Å². The summed E-state index contributed by atoms with van der Waals surface area (Å²) in [5, 5.41) is 0. The van der Waals surface area contributed by atoms with E-state index in [9.17, 15) is 0 Å². The fraction of sp³-hybridized carbons (Fsp3) is 0.783. The molecular formula is C23H37N5. The van der Waals surface area contributed by atoms with Gasteiger partial charge in [0.2, 0.25) is 0 Å². The van der Waals surface area contributed by atoms with Crippen LogP contribution in [-0.4, -0.2) is 80.2 Å². The van der Waals surface area contributed by atoms with Crippen molar-refractivity contribution >= 4 is 11.5 Å². The Hall–Kier alpha value is -1.33. The van der Waals surface area contributed by atoms with E-state index in [1.807, 2.05) is 0 Å². The Labute approximate surface area is 170 Å². The van der Waals surface area contributed by atoms with Gasteiger partial charge in [0.25, 0.3) is 0 Å². The molecule has 5 nitrogen and oxygen atoms in total. The van der Waals surface area contributed by atoms with E-state index < -0.39 is 0 Å². The second kappa shape index (κ2) is 7.83. The number of hydrogen-bond donors (Lipinski definition) is 0. The van der Waals surface area contributed by atoms with Crippen molar-refractivity contribution in [3.05, 3.63) is 18.3 Å². The highest BCUT2D eigenvalue weighted by Gasteiger charge is 2.39. The van der Waals surface area contributed by atoms with Crippen LogP contribution < -0.4 is 9.80 Å². The Morgan fingerprint density at radius 1 is 0.821 bits per heavy atom. The summed E-state index contributed by atoms with van der Waals surface area (Å²) in [7, 11) is 2.21. The lowest BCUT2D eigenvalue weighted by Crippen LogP contribution is -2.51. The van der Waals surface area contributed by atoms with Crippen LogP contribution in [0.15, 0.2) is 18.3 Å². The molecule has 5 rings (SSSR count). The lowest BCUT2D eigenvalue weighted by molar-refractivity contribution is 0.0305. The first-order chi connectivity index (χ1) is 13.7. The zero-order valence-electron chi connectivity index (χ0n) is 17.7. The van der Waals surface area contributed by atoms with E-state index in [4.69, 9.17) is 4.98 Å². The van der Waals surface area contributed by atoms with Crippen LogP contribution in [0.2, 0.25) is 0 Å². The number of pyridine rings is 1. The van der Waals surface area contributed by atoms with Gasteiger partial charge in [-0.2, -0.15) is 0 Å². The number of likely N-dealkylation sites (tertiary alicyclic amines) is 1. The molecular weight excluding hydrogens is 346 g/mol. The predicted molar refractivity (Wildman–Crippen MR) is 116 cm³/mol. The van der Waals surface area contributed by atoms with Crippen molar-refractivity contribution in [3.63, 3.8) is 0 Å². The smallest absolute Gasteiger partial charge is 0.128 e. The quantitative estimate of drug-likeness (QED) is 0.799. The Balaban J connectivity index is 1.14. The average Bonchev–Trinajstić information content (AvgIpc) is 2.70. The normalized spacial score (nSPS) is 27.2. The number of likely N-dealkylation sites (N-methyl/N-ethyl adjacent to an activating group) is 1. The largest absolute Gasteiger partial charge is 0.368 e. The number of piperazine rings is 1. The summed E-state index contributed by atoms with van der Waals surface area (Å²) in [4.78, 5) is 15.0. The molecule has 1 spiro atoms. The summed E-state index contributed by atoms with van der Waals surface area (Å²) in [6, 6.07) is 5.47. The van der Waals surface area contributed by atoms with E-state index in [0.717, 1.165) is 32.2 Å². The standard InChI is InChI=1S/C23H37N5/c1-25-15-17-27(18-16-25)21-5-6-22(24-19-21)28-13-9-23(10-14-28)7-11-26(12-8-23)20-3-2-4-20/h5-6,19-20H,2-4,7-18H2,1H3. The zero-order valence-corrected chi connectivity index (χ0v) is 17.7. The third-order valence-electron chi connectivity index (χ3n) is 8.20. The van der Waals surface area contributed by atoms with Crippen LogP contribution in [0, 0.1) is 5.41 Å². The van der Waals surface area contributed by atoms with Crippen LogP contribution in [-0.2, 0) is 0 Å². The molecule has 0 unspecified atom stereocenters. The lowest BCUT2D eigenvalue weighted by atomic mass is 9.70. The van der Waals surface area contributed by atoms with Gasteiger partial charge in [-0.15, -0.1) is 0 Å². The van der Waals surface area contributed by atoms with Gasteiger partial charge >= 0.3 is 0 Å². The van der Waals surface area contributed by atoms with E-state index in [1.54, 1.807) is 0 Å². The highest BCUT2D eigenvalue weighted by molar-refractivity contribution is 5.51. The molecule has 0 atom stereocenters. The monoisotopic (exact) mass is 383 g/mol. The first-order valence-corrected chi connectivity index (χ1v) is 11.6. The third kappa shape index (κ3) is 3.76. The molecule has 1 aliphatic carbocycles. The van der Waals surface area contributed by atoms with E-state index in [2.05, 4.69) is 45.0 Å². The molecule has 1 aromatic rings. The van der Waals surface area contributed by atoms with Crippen molar-refractivity contribution in [2.45, 2.75) is 51.0 Å². The van der Waals surface area contributed by atoms with Crippen LogP contribution in [0.4, 0.5) is 11.5 Å². The summed E-state index contributed by atoms with van der Waals surface area (Å²) in [6.45, 7) is 9.59. The Morgan fingerprint density at radius 2 is 1.50 bits per heavy atom. The minimum absolute atomic E-state index is 0.622. The maximum Gasteiger partial charge on any atom is 0.128 e. The SMILES string of the molecule is CN1CCN(c2ccc(N3CCC4(CC3)CCN(C3CCC3)CC4)nc2)CC1. The molecule has 4 aliphatic rings. The number of rotatable bonds is 3. The predicted octanol–water partition coefficient (Wildman–Crippen LogP) is 3.07. The van der Waals surface area contributed by atoms with Gasteiger partial charge in [-0.1, -0.05) is 6.42 Å². The Kier molecular flexibility index (Phi) is 5.22. The van der Waals surface area contributed by atoms with Gasteiger partial charge in [-0.05, 0) is 76.2 Å². The molecule has 4 heterocycles. The number of aromatic nitrogens is 1. The number of anilines is 2. The van der Waals surface area contributed by atoms with E-state index in [0.29, 0.717) is 5.41 Å². The summed E-state index contributed by atoms with van der Waals surface area (Å²) >= 11 is 0. The van der Waals surface area contributed by atoms with Crippen LogP contribution >= 0.6 is 0 Å². The van der Waals surface area contributed by atoms with Crippen molar-refractivity contribution < 1.29 is 0 Å². The van der Waals surface area contributed by atoms with Crippen LogP contribution in [0.1, 0.15) is 44.9 Å². The molecule has 1 aromatic heterocycles. The van der Waals surface area contributed by atoms with Gasteiger partial charge in [0.05, 0.1) is 11.9 Å². The molecule has 0 N–H and O–H groups in total. The molecule has 0 amide bonds. The lowest BCUT2D eigenvalue weighted by Gasteiger charge is -2.50. The molecule has 1 saturated carbocycles. The van der Waals surface area contributed by atoms with Crippen LogP contribution in [0.5, 0.6) is 0 Å². The first kappa shape index (κ1) is 18.7. The molecule has 5 heteroatoms. The van der Waals surface area contributed by atoms with Crippen molar-refractivity contribution in [2.75, 3.05) is 69.2 Å². The van der Waals surface area contributed by atoms with E-state index >= 15 is 0 Å². The molecule has 4 fully saturated rings. The minimum atomic E-state index is 0.622. The molecule has 0 bridgehead atoms. The second-order valence-electron chi connectivity index (χ2n) is 9.77. The van der Waals surface area contributed by atoms with Gasteiger partial charge in [0, 0.05) is 45.3 Å². The van der Waals surface area contributed by atoms with Crippen LogP contribution in [0.25, 0.3) is 0 Å². The summed E-state index contributed by atoms with van der Waals surface area (Å²) in [5.41, 5.74) is 1.91. The highest BCUT2D eigenvalue weighted by Crippen LogP contribution is 2.43. The minimum Gasteiger partial charge on any atom is -0.368 e. The fourth-order valence-corrected chi connectivity index (χ4v) is 5.64. The van der Waals surface area contributed by atoms with Crippen molar-refractivity contribution in [1.29, 1.82) is 0 Å². The maximum atomic E-state index is 4.85. The van der Waals surface area contributed by atoms with Crippen molar-refractivity contribution in [2.24, 2.45) is 5.41 Å². The van der Waals surface area contributed by atoms with Gasteiger partial charge in [-0.25, -0.2) is 4.98 Å². The van der Waals surface area contributed by atoms with Crippen molar-refractivity contribution in [3.8, 4) is 0 Å². The van der Waals surface area contributed by atoms with E-state index in [-0.39, 0.29) is 0 Å². The van der Waals surface area contributed by atoms with Gasteiger partial charge in [0.15, 0.2) is 0 Å². The Bertz CT molecular complexity index is 629. The topological polar surface area (TPSA) is 25.9 Å². The van der Waals surface area contributed by atoms with Crippen molar-refractivity contribution in [1.82, 2.24) is 14.8 Å². The van der Waals surface area contributed by atoms with Gasteiger partial charge in [-0.3, -0.25) is 0 Å². The number of nitrogens with zero attached hydrogens (tertiary/aromatic N) is 5. The molecule has 3 saturated heterocycles. The molecule has 28 heavy (non-hydrogen) atoms. The molecule has 3 aliphatic heterocycles.